The van der Waals surface area contributed by atoms with Gasteiger partial charge in [0.25, 0.3) is 0 Å². The first-order valence-corrected chi connectivity index (χ1v) is 7.60. The van der Waals surface area contributed by atoms with Crippen LogP contribution < -0.4 is 4.72 Å². The summed E-state index contributed by atoms with van der Waals surface area (Å²) in [5.41, 5.74) is 1.17. The van der Waals surface area contributed by atoms with Crippen LogP contribution in [0.2, 0.25) is 0 Å². The first-order valence-electron chi connectivity index (χ1n) is 5.94. The fraction of sp³-hybridized carbons (Fsp3) is 0.308. The van der Waals surface area contributed by atoms with Crippen molar-refractivity contribution in [3.8, 4) is 0 Å². The minimum Gasteiger partial charge on any atom is -0.478 e. The third kappa shape index (κ3) is 6.05. The lowest BCUT2D eigenvalue weighted by molar-refractivity contribution is -0.131. The molecule has 0 fully saturated rings. The van der Waals surface area contributed by atoms with Gasteiger partial charge in [-0.1, -0.05) is 25.5 Å². The molecule has 0 aliphatic carbocycles. The van der Waals surface area contributed by atoms with Crippen molar-refractivity contribution in [2.75, 3.05) is 10.5 Å². The molecule has 104 valence electrons. The van der Waals surface area contributed by atoms with Crippen molar-refractivity contribution in [3.05, 3.63) is 35.9 Å². The molecule has 5 nitrogen and oxygen atoms in total. The Kier molecular flexibility index (Phi) is 5.57. The van der Waals surface area contributed by atoms with Crippen LogP contribution in [0.1, 0.15) is 25.3 Å². The Morgan fingerprint density at radius 2 is 1.95 bits per heavy atom. The number of benzene rings is 1. The molecular weight excluding hydrogens is 266 g/mol. The SMILES string of the molecule is CCCCS(=O)(=O)Nc1ccc(/C=C/C(=O)O)cc1. The maximum atomic E-state index is 11.7. The van der Waals surface area contributed by atoms with Crippen LogP contribution in [-0.2, 0) is 14.8 Å². The second-order valence-corrected chi connectivity index (χ2v) is 5.91. The summed E-state index contributed by atoms with van der Waals surface area (Å²) in [4.78, 5) is 10.3. The average molecular weight is 283 g/mol. The van der Waals surface area contributed by atoms with Gasteiger partial charge < -0.3 is 5.11 Å². The van der Waals surface area contributed by atoms with Crippen LogP contribution in [0.5, 0.6) is 0 Å². The van der Waals surface area contributed by atoms with Crippen LogP contribution in [0.4, 0.5) is 5.69 Å². The Morgan fingerprint density at radius 1 is 1.32 bits per heavy atom. The van der Waals surface area contributed by atoms with Crippen molar-refractivity contribution in [2.45, 2.75) is 19.8 Å². The number of carbonyl (C=O) groups is 1. The third-order valence-corrected chi connectivity index (χ3v) is 3.74. The van der Waals surface area contributed by atoms with E-state index in [9.17, 15) is 13.2 Å². The van der Waals surface area contributed by atoms with Crippen LogP contribution in [0.25, 0.3) is 6.08 Å². The maximum Gasteiger partial charge on any atom is 0.328 e. The van der Waals surface area contributed by atoms with E-state index in [2.05, 4.69) is 4.72 Å². The molecule has 1 rings (SSSR count). The molecule has 0 aromatic heterocycles. The van der Waals surface area contributed by atoms with E-state index in [0.717, 1.165) is 12.5 Å². The lowest BCUT2D eigenvalue weighted by Crippen LogP contribution is -2.16. The summed E-state index contributed by atoms with van der Waals surface area (Å²) in [7, 11) is -3.30. The Balaban J connectivity index is 2.69. The zero-order valence-electron chi connectivity index (χ0n) is 10.7. The van der Waals surface area contributed by atoms with Crippen molar-refractivity contribution in [1.82, 2.24) is 0 Å². The molecule has 0 bridgehead atoms. The van der Waals surface area contributed by atoms with Gasteiger partial charge in [-0.05, 0) is 30.2 Å². The minimum absolute atomic E-state index is 0.101. The normalized spacial score (nSPS) is 11.6. The number of carboxylic acid groups (broad SMARTS) is 1. The van der Waals surface area contributed by atoms with Gasteiger partial charge in [0.05, 0.1) is 5.75 Å². The molecule has 0 saturated carbocycles. The molecule has 0 aliphatic rings. The Hall–Kier alpha value is -1.82. The molecule has 2 N–H and O–H groups in total. The summed E-state index contributed by atoms with van der Waals surface area (Å²) in [6.45, 7) is 1.93. The van der Waals surface area contributed by atoms with Crippen LogP contribution in [0.3, 0.4) is 0 Å². The van der Waals surface area contributed by atoms with Gasteiger partial charge >= 0.3 is 5.97 Å². The van der Waals surface area contributed by atoms with Crippen LogP contribution in [0, 0.1) is 0 Å². The smallest absolute Gasteiger partial charge is 0.328 e. The maximum absolute atomic E-state index is 11.7. The number of sulfonamides is 1. The molecule has 0 saturated heterocycles. The highest BCUT2D eigenvalue weighted by molar-refractivity contribution is 7.92. The predicted molar refractivity (Wildman–Crippen MR) is 75.4 cm³/mol. The van der Waals surface area contributed by atoms with Gasteiger partial charge in [0.1, 0.15) is 0 Å². The third-order valence-electron chi connectivity index (χ3n) is 2.37. The Labute approximate surface area is 113 Å². The summed E-state index contributed by atoms with van der Waals surface area (Å²) in [5, 5.41) is 8.49. The summed E-state index contributed by atoms with van der Waals surface area (Å²) >= 11 is 0. The Morgan fingerprint density at radius 3 is 2.47 bits per heavy atom. The average Bonchev–Trinajstić information content (AvgIpc) is 2.35. The van der Waals surface area contributed by atoms with Crippen LogP contribution >= 0.6 is 0 Å². The molecule has 0 heterocycles. The molecule has 0 spiro atoms. The van der Waals surface area contributed by atoms with E-state index in [1.807, 2.05) is 6.92 Å². The number of nitrogens with one attached hydrogen (secondary N) is 1. The number of rotatable bonds is 7. The second-order valence-electron chi connectivity index (χ2n) is 4.07. The number of anilines is 1. The van der Waals surface area contributed by atoms with E-state index in [4.69, 9.17) is 5.11 Å². The van der Waals surface area contributed by atoms with Crippen molar-refractivity contribution >= 4 is 27.8 Å². The first kappa shape index (κ1) is 15.2. The summed E-state index contributed by atoms with van der Waals surface area (Å²) in [5.74, 6) is -0.922. The fourth-order valence-corrected chi connectivity index (χ4v) is 2.66. The quantitative estimate of drug-likeness (QED) is 0.752. The standard InChI is InChI=1S/C13H17NO4S/c1-2-3-10-19(17,18)14-12-7-4-11(5-8-12)6-9-13(15)16/h4-9,14H,2-3,10H2,1H3,(H,15,16)/b9-6+. The van der Waals surface area contributed by atoms with Gasteiger partial charge in [-0.2, -0.15) is 0 Å². The lowest BCUT2D eigenvalue weighted by Gasteiger charge is -2.07. The topological polar surface area (TPSA) is 83.5 Å². The van der Waals surface area contributed by atoms with Crippen molar-refractivity contribution < 1.29 is 18.3 Å². The lowest BCUT2D eigenvalue weighted by atomic mass is 10.2. The molecule has 0 radical (unpaired) electrons. The highest BCUT2D eigenvalue weighted by Crippen LogP contribution is 2.13. The minimum atomic E-state index is -3.30. The van der Waals surface area contributed by atoms with Gasteiger partial charge in [0.2, 0.25) is 10.0 Å². The van der Waals surface area contributed by atoms with Gasteiger partial charge in [-0.3, -0.25) is 4.72 Å². The van der Waals surface area contributed by atoms with Gasteiger partial charge in [0.15, 0.2) is 0 Å². The molecule has 6 heteroatoms. The van der Waals surface area contributed by atoms with Crippen LogP contribution in [-0.4, -0.2) is 25.2 Å². The number of carboxylic acids is 1. The summed E-state index contributed by atoms with van der Waals surface area (Å²) in [6, 6.07) is 6.50. The highest BCUT2D eigenvalue weighted by atomic mass is 32.2. The highest BCUT2D eigenvalue weighted by Gasteiger charge is 2.08. The number of aliphatic carboxylic acids is 1. The van der Waals surface area contributed by atoms with Crippen LogP contribution in [0.15, 0.2) is 30.3 Å². The van der Waals surface area contributed by atoms with E-state index in [-0.39, 0.29) is 5.75 Å². The van der Waals surface area contributed by atoms with Gasteiger partial charge in [0, 0.05) is 11.8 Å². The fourth-order valence-electron chi connectivity index (χ4n) is 1.39. The van der Waals surface area contributed by atoms with Crippen molar-refractivity contribution in [2.24, 2.45) is 0 Å². The zero-order chi connectivity index (χ0) is 14.3. The predicted octanol–water partition coefficient (Wildman–Crippen LogP) is 2.33. The molecule has 0 aliphatic heterocycles. The zero-order valence-corrected chi connectivity index (χ0v) is 11.5. The molecule has 19 heavy (non-hydrogen) atoms. The van der Waals surface area contributed by atoms with E-state index >= 15 is 0 Å². The second kappa shape index (κ2) is 6.94. The van der Waals surface area contributed by atoms with E-state index in [0.29, 0.717) is 17.7 Å². The van der Waals surface area contributed by atoms with Crippen molar-refractivity contribution in [3.63, 3.8) is 0 Å². The Bertz CT molecular complexity index is 547. The van der Waals surface area contributed by atoms with E-state index in [1.165, 1.54) is 6.08 Å². The summed E-state index contributed by atoms with van der Waals surface area (Å²) < 4.78 is 25.8. The van der Waals surface area contributed by atoms with E-state index < -0.39 is 16.0 Å². The molecule has 0 unspecified atom stereocenters. The molecule has 0 amide bonds. The number of unbranched alkanes of at least 4 members (excludes halogenated alkanes) is 1. The largest absolute Gasteiger partial charge is 0.478 e. The monoisotopic (exact) mass is 283 g/mol. The molecule has 1 aromatic carbocycles. The number of hydrogen-bond donors (Lipinski definition) is 2. The first-order chi connectivity index (χ1) is 8.93. The number of hydrogen-bond acceptors (Lipinski definition) is 3. The molecular formula is C13H17NO4S. The van der Waals surface area contributed by atoms with Gasteiger partial charge in [-0.15, -0.1) is 0 Å². The van der Waals surface area contributed by atoms with Gasteiger partial charge in [-0.25, -0.2) is 13.2 Å². The molecule has 0 atom stereocenters. The van der Waals surface area contributed by atoms with Crippen molar-refractivity contribution in [1.29, 1.82) is 0 Å². The van der Waals surface area contributed by atoms with E-state index in [1.54, 1.807) is 24.3 Å². The molecule has 1 aromatic rings. The summed E-state index contributed by atoms with van der Waals surface area (Å²) in [6.07, 6.45) is 3.91.